The fourth-order valence-electron chi connectivity index (χ4n) is 3.92. The van der Waals surface area contributed by atoms with Gasteiger partial charge in [-0.25, -0.2) is 9.97 Å². The first-order valence-corrected chi connectivity index (χ1v) is 11.3. The summed E-state index contributed by atoms with van der Waals surface area (Å²) < 4.78 is 1.19. The lowest BCUT2D eigenvalue weighted by Crippen LogP contribution is -2.38. The molecule has 0 radical (unpaired) electrons. The lowest BCUT2D eigenvalue weighted by molar-refractivity contribution is -0.120. The predicted octanol–water partition coefficient (Wildman–Crippen LogP) is 4.92. The van der Waals surface area contributed by atoms with Gasteiger partial charge in [0, 0.05) is 42.7 Å². The van der Waals surface area contributed by atoms with Crippen molar-refractivity contribution in [3.8, 4) is 10.6 Å². The van der Waals surface area contributed by atoms with E-state index in [0.717, 1.165) is 53.5 Å². The summed E-state index contributed by atoms with van der Waals surface area (Å²) in [5.41, 5.74) is 4.15. The Morgan fingerprint density at radius 1 is 1.10 bits per heavy atom. The van der Waals surface area contributed by atoms with Gasteiger partial charge in [-0.05, 0) is 61.7 Å². The molecule has 1 saturated heterocycles. The molecule has 2 aromatic carbocycles. The lowest BCUT2D eigenvalue weighted by atomic mass is 9.96. The van der Waals surface area contributed by atoms with E-state index in [0.29, 0.717) is 0 Å². The topological polar surface area (TPSA) is 71.0 Å². The average molecular weight is 430 g/mol. The molecule has 1 N–H and O–H groups in total. The number of aryl methyl sites for hydroxylation is 1. The quantitative estimate of drug-likeness (QED) is 0.499. The van der Waals surface area contributed by atoms with Gasteiger partial charge in [-0.1, -0.05) is 6.07 Å². The standard InChI is InChI=1S/C24H23N5OS/c1-16-2-7-20-21(14-16)31-24(28-20)18-3-5-19(6-4-18)27-23(30)17-8-12-29(13-9-17)22-15-25-10-11-26-22/h2-7,10-11,14-15,17H,8-9,12-13H2,1H3,(H,27,30). The molecule has 1 aliphatic heterocycles. The minimum absolute atomic E-state index is 0.0140. The Morgan fingerprint density at radius 2 is 1.90 bits per heavy atom. The monoisotopic (exact) mass is 429 g/mol. The first-order valence-electron chi connectivity index (χ1n) is 10.5. The van der Waals surface area contributed by atoms with Gasteiger partial charge in [0.15, 0.2) is 0 Å². The number of carbonyl (C=O) groups is 1. The van der Waals surface area contributed by atoms with Crippen molar-refractivity contribution >= 4 is 39.0 Å². The predicted molar refractivity (Wildman–Crippen MR) is 125 cm³/mol. The maximum absolute atomic E-state index is 12.7. The molecule has 156 valence electrons. The van der Waals surface area contributed by atoms with Gasteiger partial charge in [0.25, 0.3) is 0 Å². The molecule has 7 heteroatoms. The largest absolute Gasteiger partial charge is 0.355 e. The molecule has 0 unspecified atom stereocenters. The van der Waals surface area contributed by atoms with E-state index in [2.05, 4.69) is 45.3 Å². The van der Waals surface area contributed by atoms with Gasteiger partial charge in [-0.2, -0.15) is 0 Å². The Kier molecular flexibility index (Phi) is 5.34. The highest BCUT2D eigenvalue weighted by atomic mass is 32.1. The van der Waals surface area contributed by atoms with Crippen LogP contribution in [0.2, 0.25) is 0 Å². The van der Waals surface area contributed by atoms with Gasteiger partial charge < -0.3 is 10.2 Å². The number of benzene rings is 2. The van der Waals surface area contributed by atoms with Crippen molar-refractivity contribution in [3.05, 3.63) is 66.6 Å². The molecule has 1 fully saturated rings. The van der Waals surface area contributed by atoms with Gasteiger partial charge in [-0.15, -0.1) is 11.3 Å². The third-order valence-corrected chi connectivity index (χ3v) is 6.75. The van der Waals surface area contributed by atoms with Crippen LogP contribution in [-0.4, -0.2) is 33.9 Å². The summed E-state index contributed by atoms with van der Waals surface area (Å²) in [7, 11) is 0. The van der Waals surface area contributed by atoms with E-state index in [1.807, 2.05) is 24.3 Å². The van der Waals surface area contributed by atoms with Crippen molar-refractivity contribution in [2.24, 2.45) is 5.92 Å². The van der Waals surface area contributed by atoms with Crippen LogP contribution in [0.1, 0.15) is 18.4 Å². The summed E-state index contributed by atoms with van der Waals surface area (Å²) in [4.78, 5) is 28.1. The Morgan fingerprint density at radius 3 is 2.65 bits per heavy atom. The minimum Gasteiger partial charge on any atom is -0.355 e. The van der Waals surface area contributed by atoms with Gasteiger partial charge in [0.1, 0.15) is 10.8 Å². The molecular formula is C24H23N5OS. The van der Waals surface area contributed by atoms with Crippen molar-refractivity contribution in [1.82, 2.24) is 15.0 Å². The highest BCUT2D eigenvalue weighted by molar-refractivity contribution is 7.21. The number of rotatable bonds is 4. The number of fused-ring (bicyclic) bond motifs is 1. The molecule has 3 heterocycles. The van der Waals surface area contributed by atoms with Crippen LogP contribution in [-0.2, 0) is 4.79 Å². The molecule has 0 atom stereocenters. The fourth-order valence-corrected chi connectivity index (χ4v) is 4.99. The zero-order chi connectivity index (χ0) is 21.2. The summed E-state index contributed by atoms with van der Waals surface area (Å²) >= 11 is 1.69. The van der Waals surface area contributed by atoms with E-state index in [-0.39, 0.29) is 11.8 Å². The summed E-state index contributed by atoms with van der Waals surface area (Å²) in [6.07, 6.45) is 6.77. The Bertz CT molecular complexity index is 1200. The summed E-state index contributed by atoms with van der Waals surface area (Å²) in [5.74, 6) is 0.976. The minimum atomic E-state index is 0.0140. The van der Waals surface area contributed by atoms with Crippen molar-refractivity contribution in [2.45, 2.75) is 19.8 Å². The summed E-state index contributed by atoms with van der Waals surface area (Å²) in [6, 6.07) is 14.3. The van der Waals surface area contributed by atoms with Crippen LogP contribution in [0.4, 0.5) is 11.5 Å². The van der Waals surface area contributed by atoms with Gasteiger partial charge >= 0.3 is 0 Å². The highest BCUT2D eigenvalue weighted by Gasteiger charge is 2.25. The lowest BCUT2D eigenvalue weighted by Gasteiger charge is -2.31. The van der Waals surface area contributed by atoms with Crippen LogP contribution >= 0.6 is 11.3 Å². The second-order valence-electron chi connectivity index (χ2n) is 7.88. The molecule has 5 rings (SSSR count). The normalized spacial score (nSPS) is 14.7. The molecule has 2 aromatic heterocycles. The molecule has 0 saturated carbocycles. The second-order valence-corrected chi connectivity index (χ2v) is 8.91. The molecule has 0 spiro atoms. The zero-order valence-corrected chi connectivity index (χ0v) is 18.1. The first-order chi connectivity index (χ1) is 15.2. The van der Waals surface area contributed by atoms with E-state index in [1.165, 1.54) is 10.3 Å². The summed E-state index contributed by atoms with van der Waals surface area (Å²) in [5, 5.41) is 4.07. The van der Waals surface area contributed by atoms with Crippen LogP contribution in [0.25, 0.3) is 20.8 Å². The molecule has 0 bridgehead atoms. The zero-order valence-electron chi connectivity index (χ0n) is 17.3. The van der Waals surface area contributed by atoms with Gasteiger partial charge in [0.2, 0.25) is 5.91 Å². The fraction of sp³-hybridized carbons (Fsp3) is 0.250. The third kappa shape index (κ3) is 4.27. The number of aromatic nitrogens is 3. The van der Waals surface area contributed by atoms with Gasteiger partial charge in [-0.3, -0.25) is 9.78 Å². The van der Waals surface area contributed by atoms with E-state index in [9.17, 15) is 4.79 Å². The number of thiazole rings is 1. The number of piperidine rings is 1. The number of nitrogens with zero attached hydrogens (tertiary/aromatic N) is 4. The number of carbonyl (C=O) groups excluding carboxylic acids is 1. The number of hydrogen-bond acceptors (Lipinski definition) is 6. The van der Waals surface area contributed by atoms with Crippen molar-refractivity contribution in [2.75, 3.05) is 23.3 Å². The molecule has 1 amide bonds. The maximum Gasteiger partial charge on any atom is 0.227 e. The third-order valence-electron chi connectivity index (χ3n) is 5.68. The number of amides is 1. The average Bonchev–Trinajstić information content (AvgIpc) is 3.23. The molecular weight excluding hydrogens is 406 g/mol. The van der Waals surface area contributed by atoms with E-state index in [1.54, 1.807) is 29.9 Å². The van der Waals surface area contributed by atoms with Gasteiger partial charge in [0.05, 0.1) is 16.4 Å². The number of hydrogen-bond donors (Lipinski definition) is 1. The van der Waals surface area contributed by atoms with Crippen molar-refractivity contribution < 1.29 is 4.79 Å². The smallest absolute Gasteiger partial charge is 0.227 e. The van der Waals surface area contributed by atoms with Crippen LogP contribution in [0.5, 0.6) is 0 Å². The van der Waals surface area contributed by atoms with Crippen LogP contribution < -0.4 is 10.2 Å². The van der Waals surface area contributed by atoms with Crippen molar-refractivity contribution in [1.29, 1.82) is 0 Å². The van der Waals surface area contributed by atoms with E-state index < -0.39 is 0 Å². The summed E-state index contributed by atoms with van der Waals surface area (Å²) in [6.45, 7) is 3.72. The van der Waals surface area contributed by atoms with E-state index in [4.69, 9.17) is 4.98 Å². The molecule has 6 nitrogen and oxygen atoms in total. The second kappa shape index (κ2) is 8.43. The molecule has 4 aromatic rings. The molecule has 31 heavy (non-hydrogen) atoms. The Balaban J connectivity index is 1.21. The van der Waals surface area contributed by atoms with Crippen LogP contribution in [0.3, 0.4) is 0 Å². The SMILES string of the molecule is Cc1ccc2nc(-c3ccc(NC(=O)C4CCN(c5cnccn5)CC4)cc3)sc2c1. The number of nitrogens with one attached hydrogen (secondary N) is 1. The Labute approximate surface area is 185 Å². The van der Waals surface area contributed by atoms with Crippen LogP contribution in [0, 0.1) is 12.8 Å². The maximum atomic E-state index is 12.7. The van der Waals surface area contributed by atoms with Crippen molar-refractivity contribution in [3.63, 3.8) is 0 Å². The highest BCUT2D eigenvalue weighted by Crippen LogP contribution is 2.31. The number of anilines is 2. The first kappa shape index (κ1) is 19.6. The Hall–Kier alpha value is -3.32. The molecule has 1 aliphatic rings. The van der Waals surface area contributed by atoms with Crippen LogP contribution in [0.15, 0.2) is 61.1 Å². The molecule has 0 aliphatic carbocycles. The van der Waals surface area contributed by atoms with E-state index >= 15 is 0 Å².